The van der Waals surface area contributed by atoms with Gasteiger partial charge in [-0.1, -0.05) is 12.1 Å². The highest BCUT2D eigenvalue weighted by molar-refractivity contribution is 14.0. The van der Waals surface area contributed by atoms with E-state index in [-0.39, 0.29) is 29.9 Å². The molecule has 27 heavy (non-hydrogen) atoms. The average molecular weight is 484 g/mol. The SMILES string of the molecule is CN=C(NCCc1cccc(C(=O)NC)c1)NCc1c(C)nn(C)c1C.I. The fourth-order valence-corrected chi connectivity index (χ4v) is 2.80. The second-order valence-electron chi connectivity index (χ2n) is 6.16. The van der Waals surface area contributed by atoms with Crippen molar-refractivity contribution >= 4 is 35.8 Å². The molecule has 3 N–H and O–H groups in total. The molecule has 0 aliphatic carbocycles. The van der Waals surface area contributed by atoms with E-state index in [1.165, 1.54) is 5.56 Å². The molecule has 0 aliphatic heterocycles. The van der Waals surface area contributed by atoms with Gasteiger partial charge < -0.3 is 16.0 Å². The van der Waals surface area contributed by atoms with E-state index in [2.05, 4.69) is 33.0 Å². The Bertz CT molecular complexity index is 799. The monoisotopic (exact) mass is 484 g/mol. The van der Waals surface area contributed by atoms with Gasteiger partial charge in [0.2, 0.25) is 0 Å². The first-order valence-electron chi connectivity index (χ1n) is 8.70. The summed E-state index contributed by atoms with van der Waals surface area (Å²) in [6, 6.07) is 7.65. The first kappa shape index (κ1) is 22.9. The molecule has 0 bridgehead atoms. The molecule has 0 atom stereocenters. The zero-order valence-corrected chi connectivity index (χ0v) is 18.9. The maximum atomic E-state index is 11.7. The van der Waals surface area contributed by atoms with Crippen LogP contribution in [0.5, 0.6) is 0 Å². The molecule has 0 aliphatic rings. The molecule has 0 saturated heterocycles. The molecule has 0 spiro atoms. The number of hydrogen-bond acceptors (Lipinski definition) is 3. The van der Waals surface area contributed by atoms with Crippen LogP contribution in [0.25, 0.3) is 0 Å². The maximum absolute atomic E-state index is 11.7. The van der Waals surface area contributed by atoms with Crippen molar-refractivity contribution in [2.75, 3.05) is 20.6 Å². The van der Waals surface area contributed by atoms with E-state index in [1.54, 1.807) is 14.1 Å². The number of carbonyl (C=O) groups excluding carboxylic acids is 1. The van der Waals surface area contributed by atoms with E-state index in [9.17, 15) is 4.79 Å². The lowest BCUT2D eigenvalue weighted by Gasteiger charge is -2.12. The molecular formula is C19H29IN6O. The molecule has 2 rings (SSSR count). The fourth-order valence-electron chi connectivity index (χ4n) is 2.80. The lowest BCUT2D eigenvalue weighted by molar-refractivity contribution is 0.0963. The Morgan fingerprint density at radius 2 is 2.00 bits per heavy atom. The number of aromatic nitrogens is 2. The van der Waals surface area contributed by atoms with Gasteiger partial charge in [0, 0.05) is 51.1 Å². The highest BCUT2D eigenvalue weighted by Crippen LogP contribution is 2.11. The summed E-state index contributed by atoms with van der Waals surface area (Å²) in [5, 5.41) is 13.7. The number of benzene rings is 1. The zero-order chi connectivity index (χ0) is 19.1. The largest absolute Gasteiger partial charge is 0.356 e. The van der Waals surface area contributed by atoms with Crippen LogP contribution in [0.1, 0.15) is 32.9 Å². The molecule has 148 valence electrons. The van der Waals surface area contributed by atoms with E-state index >= 15 is 0 Å². The Morgan fingerprint density at radius 3 is 2.59 bits per heavy atom. The molecule has 7 nitrogen and oxygen atoms in total. The summed E-state index contributed by atoms with van der Waals surface area (Å²) in [6.45, 7) is 5.48. The van der Waals surface area contributed by atoms with E-state index in [0.717, 1.165) is 35.9 Å². The van der Waals surface area contributed by atoms with Gasteiger partial charge in [0.15, 0.2) is 5.96 Å². The van der Waals surface area contributed by atoms with Crippen LogP contribution in [-0.4, -0.2) is 42.3 Å². The lowest BCUT2D eigenvalue weighted by atomic mass is 10.1. The number of nitrogens with zero attached hydrogens (tertiary/aromatic N) is 3. The standard InChI is InChI=1S/C19H28N6O.HI/c1-13-17(14(2)25(5)24-13)12-23-19(21-4)22-10-9-15-7-6-8-16(11-15)18(26)20-3;/h6-8,11H,9-10,12H2,1-5H3,(H,20,26)(H2,21,22,23);1H. The summed E-state index contributed by atoms with van der Waals surface area (Å²) in [5.41, 5.74) is 5.15. The molecule has 8 heteroatoms. The number of aliphatic imine (C=N–C) groups is 1. The third-order valence-corrected chi connectivity index (χ3v) is 4.44. The van der Waals surface area contributed by atoms with E-state index in [4.69, 9.17) is 0 Å². The van der Waals surface area contributed by atoms with Crippen LogP contribution in [0.15, 0.2) is 29.3 Å². The summed E-state index contributed by atoms with van der Waals surface area (Å²) < 4.78 is 1.89. The van der Waals surface area contributed by atoms with Gasteiger partial charge in [-0.25, -0.2) is 0 Å². The zero-order valence-electron chi connectivity index (χ0n) is 16.6. The first-order chi connectivity index (χ1) is 12.5. The van der Waals surface area contributed by atoms with Crippen LogP contribution >= 0.6 is 24.0 Å². The summed E-state index contributed by atoms with van der Waals surface area (Å²) in [6.07, 6.45) is 0.802. The molecule has 0 saturated carbocycles. The number of nitrogens with one attached hydrogen (secondary N) is 3. The first-order valence-corrected chi connectivity index (χ1v) is 8.70. The Hall–Kier alpha value is -2.10. The van der Waals surface area contributed by atoms with Crippen molar-refractivity contribution < 1.29 is 4.79 Å². The minimum Gasteiger partial charge on any atom is -0.356 e. The number of aryl methyl sites for hydroxylation is 2. The normalized spacial score (nSPS) is 10.9. The molecule has 1 aromatic heterocycles. The molecule has 2 aromatic rings. The number of halogens is 1. The second kappa shape index (κ2) is 10.9. The Balaban J connectivity index is 0.00000364. The molecule has 1 heterocycles. The number of guanidine groups is 1. The lowest BCUT2D eigenvalue weighted by Crippen LogP contribution is -2.38. The van der Waals surface area contributed by atoms with Crippen molar-refractivity contribution in [3.63, 3.8) is 0 Å². The van der Waals surface area contributed by atoms with Crippen LogP contribution in [0.3, 0.4) is 0 Å². The molecule has 1 amide bonds. The van der Waals surface area contributed by atoms with Gasteiger partial charge in [-0.2, -0.15) is 5.10 Å². The Kier molecular flexibility index (Phi) is 9.27. The van der Waals surface area contributed by atoms with Crippen LogP contribution in [-0.2, 0) is 20.0 Å². The highest BCUT2D eigenvalue weighted by Gasteiger charge is 2.09. The number of hydrogen-bond donors (Lipinski definition) is 3. The van der Waals surface area contributed by atoms with Gasteiger partial charge in [-0.15, -0.1) is 24.0 Å². The van der Waals surface area contributed by atoms with Crippen molar-refractivity contribution in [3.8, 4) is 0 Å². The number of carbonyl (C=O) groups is 1. The predicted molar refractivity (Wildman–Crippen MR) is 120 cm³/mol. The van der Waals surface area contributed by atoms with E-state index in [0.29, 0.717) is 12.1 Å². The van der Waals surface area contributed by atoms with Crippen LogP contribution in [0, 0.1) is 13.8 Å². The minimum atomic E-state index is -0.0699. The third-order valence-electron chi connectivity index (χ3n) is 4.44. The van der Waals surface area contributed by atoms with Crippen molar-refractivity contribution in [1.82, 2.24) is 25.7 Å². The summed E-state index contributed by atoms with van der Waals surface area (Å²) in [7, 11) is 5.34. The quantitative estimate of drug-likeness (QED) is 0.333. The number of amides is 1. The van der Waals surface area contributed by atoms with Crippen LogP contribution in [0.4, 0.5) is 0 Å². The molecular weight excluding hydrogens is 455 g/mol. The van der Waals surface area contributed by atoms with Gasteiger partial charge in [0.1, 0.15) is 0 Å². The Morgan fingerprint density at radius 1 is 1.26 bits per heavy atom. The highest BCUT2D eigenvalue weighted by atomic mass is 127. The summed E-state index contributed by atoms with van der Waals surface area (Å²) in [4.78, 5) is 16.0. The number of rotatable bonds is 6. The third kappa shape index (κ3) is 6.23. The summed E-state index contributed by atoms with van der Waals surface area (Å²) in [5.74, 6) is 0.676. The van der Waals surface area contributed by atoms with E-state index < -0.39 is 0 Å². The predicted octanol–water partition coefficient (Wildman–Crippen LogP) is 1.92. The molecule has 0 radical (unpaired) electrons. The van der Waals surface area contributed by atoms with Crippen molar-refractivity contribution in [2.24, 2.45) is 12.0 Å². The smallest absolute Gasteiger partial charge is 0.251 e. The minimum absolute atomic E-state index is 0. The van der Waals surface area contributed by atoms with Crippen LogP contribution < -0.4 is 16.0 Å². The topological polar surface area (TPSA) is 83.3 Å². The second-order valence-corrected chi connectivity index (χ2v) is 6.16. The molecule has 1 aromatic carbocycles. The van der Waals surface area contributed by atoms with Gasteiger partial charge in [-0.05, 0) is 38.0 Å². The molecule has 0 unspecified atom stereocenters. The van der Waals surface area contributed by atoms with Gasteiger partial charge in [0.25, 0.3) is 5.91 Å². The molecule has 0 fully saturated rings. The van der Waals surface area contributed by atoms with Gasteiger partial charge in [-0.3, -0.25) is 14.5 Å². The van der Waals surface area contributed by atoms with Crippen molar-refractivity contribution in [2.45, 2.75) is 26.8 Å². The van der Waals surface area contributed by atoms with Crippen molar-refractivity contribution in [3.05, 3.63) is 52.3 Å². The summed E-state index contributed by atoms with van der Waals surface area (Å²) >= 11 is 0. The Labute approximate surface area is 178 Å². The maximum Gasteiger partial charge on any atom is 0.251 e. The fraction of sp³-hybridized carbons (Fsp3) is 0.421. The van der Waals surface area contributed by atoms with E-state index in [1.807, 2.05) is 42.9 Å². The average Bonchev–Trinajstić information content (AvgIpc) is 2.89. The van der Waals surface area contributed by atoms with Gasteiger partial charge >= 0.3 is 0 Å². The van der Waals surface area contributed by atoms with Crippen molar-refractivity contribution in [1.29, 1.82) is 0 Å². The van der Waals surface area contributed by atoms with Gasteiger partial charge in [0.05, 0.1) is 5.69 Å². The van der Waals surface area contributed by atoms with Crippen LogP contribution in [0.2, 0.25) is 0 Å².